The Bertz CT molecular complexity index is 338. The lowest BCUT2D eigenvalue weighted by atomic mass is 9.82. The van der Waals surface area contributed by atoms with Crippen LogP contribution in [0.4, 0.5) is 0 Å². The van der Waals surface area contributed by atoms with Gasteiger partial charge in [0.15, 0.2) is 0 Å². The van der Waals surface area contributed by atoms with Crippen molar-refractivity contribution in [1.82, 2.24) is 10.2 Å². The Kier molecular flexibility index (Phi) is 4.77. The van der Waals surface area contributed by atoms with Crippen molar-refractivity contribution in [2.75, 3.05) is 26.2 Å². The third-order valence-electron chi connectivity index (χ3n) is 4.60. The van der Waals surface area contributed by atoms with Gasteiger partial charge in [-0.3, -0.25) is 4.79 Å². The van der Waals surface area contributed by atoms with Crippen LogP contribution in [0.3, 0.4) is 0 Å². The summed E-state index contributed by atoms with van der Waals surface area (Å²) in [6, 6.07) is 0. The lowest BCUT2D eigenvalue weighted by Gasteiger charge is -2.32. The third-order valence-corrected chi connectivity index (χ3v) is 4.60. The molecule has 0 radical (unpaired) electrons. The summed E-state index contributed by atoms with van der Waals surface area (Å²) >= 11 is 0. The van der Waals surface area contributed by atoms with Gasteiger partial charge in [0.25, 0.3) is 0 Å². The van der Waals surface area contributed by atoms with Crippen molar-refractivity contribution < 1.29 is 14.1 Å². The highest BCUT2D eigenvalue weighted by Crippen LogP contribution is 2.38. The van der Waals surface area contributed by atoms with Crippen LogP contribution < -0.4 is 5.32 Å². The van der Waals surface area contributed by atoms with E-state index >= 15 is 0 Å². The summed E-state index contributed by atoms with van der Waals surface area (Å²) in [5, 5.41) is 3.25. The Morgan fingerprint density at radius 2 is 1.70 bits per heavy atom. The van der Waals surface area contributed by atoms with Crippen LogP contribution in [-0.2, 0) is 14.1 Å². The summed E-state index contributed by atoms with van der Waals surface area (Å²) < 4.78 is 11.9. The molecule has 2 heterocycles. The molecular weight excluding hydrogens is 255 g/mol. The Labute approximate surface area is 122 Å². The lowest BCUT2D eigenvalue weighted by Crippen LogP contribution is -2.46. The standard InChI is InChI=1S/C14H27BN2O3/c1-13(2)14(3,4)20-15(19-13)7-5-6-12(18)17-10-8-16-9-11-17/h16H,5-11H2,1-4H3. The normalized spacial score (nSPS) is 25.0. The van der Waals surface area contributed by atoms with Gasteiger partial charge in [-0.1, -0.05) is 0 Å². The van der Waals surface area contributed by atoms with Gasteiger partial charge in [0.05, 0.1) is 11.2 Å². The minimum atomic E-state index is -0.278. The van der Waals surface area contributed by atoms with E-state index in [9.17, 15) is 4.79 Å². The molecule has 2 fully saturated rings. The molecule has 1 amide bonds. The maximum atomic E-state index is 12.0. The minimum Gasteiger partial charge on any atom is -0.403 e. The van der Waals surface area contributed by atoms with Gasteiger partial charge < -0.3 is 19.5 Å². The minimum absolute atomic E-state index is 0.184. The zero-order valence-corrected chi connectivity index (χ0v) is 13.2. The fourth-order valence-corrected chi connectivity index (χ4v) is 2.58. The molecular formula is C14H27BN2O3. The summed E-state index contributed by atoms with van der Waals surface area (Å²) in [7, 11) is -0.184. The number of rotatable bonds is 4. The van der Waals surface area contributed by atoms with Crippen LogP contribution >= 0.6 is 0 Å². The maximum Gasteiger partial charge on any atom is 0.457 e. The summed E-state index contributed by atoms with van der Waals surface area (Å²) in [5.41, 5.74) is -0.555. The van der Waals surface area contributed by atoms with Crippen molar-refractivity contribution in [3.05, 3.63) is 0 Å². The fourth-order valence-electron chi connectivity index (χ4n) is 2.58. The van der Waals surface area contributed by atoms with Gasteiger partial charge in [-0.25, -0.2) is 0 Å². The molecule has 2 rings (SSSR count). The van der Waals surface area contributed by atoms with E-state index in [0.29, 0.717) is 6.42 Å². The maximum absolute atomic E-state index is 12.0. The number of carbonyl (C=O) groups excluding carboxylic acids is 1. The SMILES string of the molecule is CC1(C)OB(CCCC(=O)N2CCNCC2)OC1(C)C. The van der Waals surface area contributed by atoms with E-state index in [4.69, 9.17) is 9.31 Å². The Balaban J connectivity index is 1.70. The van der Waals surface area contributed by atoms with Crippen LogP contribution in [0.15, 0.2) is 0 Å². The van der Waals surface area contributed by atoms with Crippen LogP contribution in [0.1, 0.15) is 40.5 Å². The molecule has 2 aliphatic heterocycles. The Morgan fingerprint density at radius 3 is 2.25 bits per heavy atom. The quantitative estimate of drug-likeness (QED) is 0.789. The molecule has 0 saturated carbocycles. The number of amides is 1. The lowest BCUT2D eigenvalue weighted by molar-refractivity contribution is -0.131. The molecule has 5 nitrogen and oxygen atoms in total. The third kappa shape index (κ3) is 3.54. The molecule has 0 aromatic carbocycles. The second-order valence-corrected chi connectivity index (χ2v) is 6.71. The Morgan fingerprint density at radius 1 is 1.15 bits per heavy atom. The number of carbonyl (C=O) groups is 1. The van der Waals surface area contributed by atoms with Crippen LogP contribution in [0, 0.1) is 0 Å². The first-order chi connectivity index (χ1) is 9.32. The van der Waals surface area contributed by atoms with E-state index < -0.39 is 0 Å². The molecule has 6 heteroatoms. The van der Waals surface area contributed by atoms with Crippen LogP contribution in [0.5, 0.6) is 0 Å². The van der Waals surface area contributed by atoms with Crippen LogP contribution in [0.2, 0.25) is 6.32 Å². The smallest absolute Gasteiger partial charge is 0.403 e. The van der Waals surface area contributed by atoms with Gasteiger partial charge in [-0.15, -0.1) is 0 Å². The van der Waals surface area contributed by atoms with E-state index in [0.717, 1.165) is 38.9 Å². The molecule has 0 aliphatic carbocycles. The zero-order valence-electron chi connectivity index (χ0n) is 13.2. The number of hydrogen-bond acceptors (Lipinski definition) is 4. The molecule has 0 spiro atoms. The predicted octanol–water partition coefficient (Wildman–Crippen LogP) is 1.29. The van der Waals surface area contributed by atoms with Crippen molar-refractivity contribution in [2.24, 2.45) is 0 Å². The number of hydrogen-bond donors (Lipinski definition) is 1. The average molecular weight is 282 g/mol. The van der Waals surface area contributed by atoms with E-state index in [2.05, 4.69) is 33.0 Å². The molecule has 0 aromatic rings. The summed E-state index contributed by atoms with van der Waals surface area (Å²) in [4.78, 5) is 14.0. The molecule has 2 saturated heterocycles. The summed E-state index contributed by atoms with van der Waals surface area (Å²) in [6.45, 7) is 11.7. The van der Waals surface area contributed by atoms with Crippen molar-refractivity contribution in [3.8, 4) is 0 Å². The highest BCUT2D eigenvalue weighted by Gasteiger charge is 2.50. The van der Waals surface area contributed by atoms with E-state index in [1.807, 2.05) is 4.90 Å². The van der Waals surface area contributed by atoms with Gasteiger partial charge in [0.2, 0.25) is 5.91 Å². The second kappa shape index (κ2) is 6.04. The van der Waals surface area contributed by atoms with Gasteiger partial charge in [0, 0.05) is 32.6 Å². The molecule has 0 atom stereocenters. The van der Waals surface area contributed by atoms with Crippen LogP contribution in [0.25, 0.3) is 0 Å². The van der Waals surface area contributed by atoms with Crippen molar-refractivity contribution in [1.29, 1.82) is 0 Å². The molecule has 114 valence electrons. The largest absolute Gasteiger partial charge is 0.457 e. The van der Waals surface area contributed by atoms with Gasteiger partial charge in [-0.2, -0.15) is 0 Å². The van der Waals surface area contributed by atoms with Gasteiger partial charge >= 0.3 is 7.12 Å². The average Bonchev–Trinajstić information content (AvgIpc) is 2.58. The first-order valence-electron chi connectivity index (χ1n) is 7.66. The molecule has 1 N–H and O–H groups in total. The fraction of sp³-hybridized carbons (Fsp3) is 0.929. The molecule has 0 unspecified atom stereocenters. The first-order valence-corrected chi connectivity index (χ1v) is 7.66. The summed E-state index contributed by atoms with van der Waals surface area (Å²) in [5.74, 6) is 0.253. The highest BCUT2D eigenvalue weighted by molar-refractivity contribution is 6.45. The summed E-state index contributed by atoms with van der Waals surface area (Å²) in [6.07, 6.45) is 2.19. The number of nitrogens with one attached hydrogen (secondary N) is 1. The molecule has 0 bridgehead atoms. The molecule has 2 aliphatic rings. The molecule has 0 aromatic heterocycles. The zero-order chi connectivity index (χ0) is 14.8. The van der Waals surface area contributed by atoms with E-state index in [1.54, 1.807) is 0 Å². The van der Waals surface area contributed by atoms with Crippen molar-refractivity contribution in [2.45, 2.75) is 58.1 Å². The number of nitrogens with zero attached hydrogens (tertiary/aromatic N) is 1. The van der Waals surface area contributed by atoms with Crippen molar-refractivity contribution >= 4 is 13.0 Å². The first kappa shape index (κ1) is 15.8. The van der Waals surface area contributed by atoms with Crippen molar-refractivity contribution in [3.63, 3.8) is 0 Å². The topological polar surface area (TPSA) is 50.8 Å². The predicted molar refractivity (Wildman–Crippen MR) is 79.6 cm³/mol. The highest BCUT2D eigenvalue weighted by atomic mass is 16.7. The molecule has 20 heavy (non-hydrogen) atoms. The van der Waals surface area contributed by atoms with E-state index in [1.165, 1.54) is 0 Å². The monoisotopic (exact) mass is 282 g/mol. The Hall–Kier alpha value is -0.585. The van der Waals surface area contributed by atoms with E-state index in [-0.39, 0.29) is 24.2 Å². The van der Waals surface area contributed by atoms with Crippen LogP contribution in [-0.4, -0.2) is 55.3 Å². The second-order valence-electron chi connectivity index (χ2n) is 6.71. The van der Waals surface area contributed by atoms with Gasteiger partial charge in [-0.05, 0) is 40.4 Å². The van der Waals surface area contributed by atoms with Gasteiger partial charge in [0.1, 0.15) is 0 Å². The number of piperazine rings is 1.